The van der Waals surface area contributed by atoms with Crippen LogP contribution in [0.2, 0.25) is 0 Å². The van der Waals surface area contributed by atoms with Crippen molar-refractivity contribution in [2.75, 3.05) is 5.32 Å². The van der Waals surface area contributed by atoms with Gasteiger partial charge in [0.25, 0.3) is 5.56 Å². The largest absolute Gasteiger partial charge is 0.313 e. The van der Waals surface area contributed by atoms with Crippen LogP contribution in [0.15, 0.2) is 17.3 Å². The summed E-state index contributed by atoms with van der Waals surface area (Å²) in [7, 11) is 0. The van der Waals surface area contributed by atoms with Crippen LogP contribution in [0, 0.1) is 6.92 Å². The van der Waals surface area contributed by atoms with Crippen molar-refractivity contribution < 1.29 is 4.79 Å². The molecule has 0 atom stereocenters. The summed E-state index contributed by atoms with van der Waals surface area (Å²) in [4.78, 5) is 30.3. The fraction of sp³-hybridized carbons (Fsp3) is 0.429. The lowest BCUT2D eigenvalue weighted by molar-refractivity contribution is -0.116. The van der Waals surface area contributed by atoms with E-state index in [-0.39, 0.29) is 17.9 Å². The van der Waals surface area contributed by atoms with Gasteiger partial charge in [0, 0.05) is 23.2 Å². The number of aromatic nitrogens is 4. The van der Waals surface area contributed by atoms with Gasteiger partial charge in [0.1, 0.15) is 5.82 Å². The second-order valence-electron chi connectivity index (χ2n) is 5.32. The second kappa shape index (κ2) is 5.51. The van der Waals surface area contributed by atoms with Gasteiger partial charge in [-0.1, -0.05) is 0 Å². The molecule has 2 aromatic heterocycles. The molecule has 7 nitrogen and oxygen atoms in total. The molecule has 1 fully saturated rings. The fourth-order valence-electron chi connectivity index (χ4n) is 2.35. The minimum atomic E-state index is -0.185. The number of carbonyl (C=O) groups excluding carboxylic acids is 1. The Morgan fingerprint density at radius 3 is 3.00 bits per heavy atom. The molecule has 0 saturated heterocycles. The number of amides is 1. The highest BCUT2D eigenvalue weighted by Gasteiger charge is 2.27. The first-order valence-electron chi connectivity index (χ1n) is 7.01. The molecule has 2 aromatic rings. The Balaban J connectivity index is 1.62. The van der Waals surface area contributed by atoms with Gasteiger partial charge in [-0.2, -0.15) is 5.10 Å². The summed E-state index contributed by atoms with van der Waals surface area (Å²) in [6.45, 7) is 1.77. The third kappa shape index (κ3) is 3.01. The molecular weight excluding hydrogens is 270 g/mol. The topological polar surface area (TPSA) is 104 Å². The van der Waals surface area contributed by atoms with Crippen molar-refractivity contribution in [3.63, 3.8) is 0 Å². The van der Waals surface area contributed by atoms with Gasteiger partial charge in [-0.05, 0) is 32.1 Å². The number of aryl methyl sites for hydroxylation is 1. The van der Waals surface area contributed by atoms with Gasteiger partial charge in [0.05, 0.1) is 12.5 Å². The van der Waals surface area contributed by atoms with Crippen LogP contribution in [0.25, 0.3) is 0 Å². The number of aromatic amines is 2. The highest BCUT2D eigenvalue weighted by Crippen LogP contribution is 2.42. The van der Waals surface area contributed by atoms with E-state index < -0.39 is 0 Å². The van der Waals surface area contributed by atoms with Crippen molar-refractivity contribution >= 4 is 11.7 Å². The summed E-state index contributed by atoms with van der Waals surface area (Å²) in [6, 6.07) is 0. The van der Waals surface area contributed by atoms with Crippen molar-refractivity contribution in [1.82, 2.24) is 20.2 Å². The van der Waals surface area contributed by atoms with E-state index in [4.69, 9.17) is 0 Å². The molecule has 0 unspecified atom stereocenters. The van der Waals surface area contributed by atoms with E-state index >= 15 is 0 Å². The first-order chi connectivity index (χ1) is 10.1. The van der Waals surface area contributed by atoms with Crippen molar-refractivity contribution in [2.45, 2.75) is 38.5 Å². The molecule has 0 aromatic carbocycles. The number of anilines is 1. The SMILES string of the molecule is Cc1nc[nH]c(=O)c1CCC(=O)Nc1[nH]ncc1C1CC1. The van der Waals surface area contributed by atoms with E-state index in [1.165, 1.54) is 6.33 Å². The van der Waals surface area contributed by atoms with E-state index in [1.807, 2.05) is 0 Å². The van der Waals surface area contributed by atoms with Gasteiger partial charge in [0.2, 0.25) is 5.91 Å². The number of carbonyl (C=O) groups is 1. The van der Waals surface area contributed by atoms with Crippen LogP contribution in [0.4, 0.5) is 5.82 Å². The molecule has 110 valence electrons. The number of rotatable bonds is 5. The van der Waals surface area contributed by atoms with E-state index in [2.05, 4.69) is 25.5 Å². The third-order valence-electron chi connectivity index (χ3n) is 3.72. The highest BCUT2D eigenvalue weighted by atomic mass is 16.1. The van der Waals surface area contributed by atoms with E-state index in [0.717, 1.165) is 18.4 Å². The lowest BCUT2D eigenvalue weighted by Gasteiger charge is -2.06. The van der Waals surface area contributed by atoms with Crippen LogP contribution in [-0.4, -0.2) is 26.1 Å². The number of nitrogens with zero attached hydrogens (tertiary/aromatic N) is 2. The summed E-state index contributed by atoms with van der Waals surface area (Å²) in [6.07, 6.45) is 6.03. The van der Waals surface area contributed by atoms with Crippen LogP contribution in [0.5, 0.6) is 0 Å². The standard InChI is InChI=1S/C14H17N5O2/c1-8-10(14(21)16-7-15-8)4-5-12(20)18-13-11(6-17-19-13)9-2-3-9/h6-7,9H,2-5H2,1H3,(H,15,16,21)(H2,17,18,19,20). The zero-order valence-electron chi connectivity index (χ0n) is 11.8. The molecule has 21 heavy (non-hydrogen) atoms. The Hall–Kier alpha value is -2.44. The molecule has 0 aliphatic heterocycles. The van der Waals surface area contributed by atoms with Crippen molar-refractivity contribution in [1.29, 1.82) is 0 Å². The van der Waals surface area contributed by atoms with Crippen LogP contribution in [-0.2, 0) is 11.2 Å². The molecule has 0 radical (unpaired) electrons. The molecule has 2 heterocycles. The van der Waals surface area contributed by atoms with Gasteiger partial charge in [0.15, 0.2) is 0 Å². The average Bonchev–Trinajstić information content (AvgIpc) is 3.19. The molecule has 1 aliphatic carbocycles. The minimum absolute atomic E-state index is 0.135. The summed E-state index contributed by atoms with van der Waals surface area (Å²) < 4.78 is 0. The minimum Gasteiger partial charge on any atom is -0.313 e. The third-order valence-corrected chi connectivity index (χ3v) is 3.72. The first kappa shape index (κ1) is 13.5. The van der Waals surface area contributed by atoms with E-state index in [9.17, 15) is 9.59 Å². The molecule has 1 amide bonds. The molecule has 1 aliphatic rings. The van der Waals surface area contributed by atoms with Gasteiger partial charge in [-0.15, -0.1) is 0 Å². The van der Waals surface area contributed by atoms with E-state index in [1.54, 1.807) is 13.1 Å². The zero-order valence-corrected chi connectivity index (χ0v) is 11.8. The molecule has 0 spiro atoms. The average molecular weight is 287 g/mol. The quantitative estimate of drug-likeness (QED) is 0.769. The number of hydrogen-bond donors (Lipinski definition) is 3. The van der Waals surface area contributed by atoms with Crippen LogP contribution >= 0.6 is 0 Å². The Labute approximate surface area is 121 Å². The lowest BCUT2D eigenvalue weighted by atomic mass is 10.1. The van der Waals surface area contributed by atoms with Gasteiger partial charge >= 0.3 is 0 Å². The molecular formula is C14H17N5O2. The predicted octanol–water partition coefficient (Wildman–Crippen LogP) is 1.25. The Morgan fingerprint density at radius 1 is 1.48 bits per heavy atom. The molecule has 3 N–H and O–H groups in total. The maximum atomic E-state index is 12.0. The molecule has 1 saturated carbocycles. The Morgan fingerprint density at radius 2 is 2.29 bits per heavy atom. The Bertz CT molecular complexity index is 714. The fourth-order valence-corrected chi connectivity index (χ4v) is 2.35. The summed E-state index contributed by atoms with van der Waals surface area (Å²) in [5.74, 6) is 1.06. The highest BCUT2D eigenvalue weighted by molar-refractivity contribution is 5.90. The summed E-state index contributed by atoms with van der Waals surface area (Å²) in [5.41, 5.74) is 2.10. The maximum absolute atomic E-state index is 12.0. The number of H-pyrrole nitrogens is 2. The monoisotopic (exact) mass is 287 g/mol. The summed E-state index contributed by atoms with van der Waals surface area (Å²) >= 11 is 0. The van der Waals surface area contributed by atoms with Crippen molar-refractivity contribution in [2.24, 2.45) is 0 Å². The van der Waals surface area contributed by atoms with Gasteiger partial charge < -0.3 is 10.3 Å². The summed E-state index contributed by atoms with van der Waals surface area (Å²) in [5, 5.41) is 9.63. The normalized spacial score (nSPS) is 14.1. The smallest absolute Gasteiger partial charge is 0.254 e. The maximum Gasteiger partial charge on any atom is 0.254 e. The number of nitrogens with one attached hydrogen (secondary N) is 3. The second-order valence-corrected chi connectivity index (χ2v) is 5.32. The molecule has 0 bridgehead atoms. The van der Waals surface area contributed by atoms with Gasteiger partial charge in [-0.25, -0.2) is 4.98 Å². The van der Waals surface area contributed by atoms with Gasteiger partial charge in [-0.3, -0.25) is 14.7 Å². The first-order valence-corrected chi connectivity index (χ1v) is 7.01. The van der Waals surface area contributed by atoms with E-state index in [0.29, 0.717) is 29.4 Å². The predicted molar refractivity (Wildman–Crippen MR) is 77.1 cm³/mol. The van der Waals surface area contributed by atoms with Crippen molar-refractivity contribution in [3.8, 4) is 0 Å². The zero-order chi connectivity index (χ0) is 14.8. The van der Waals surface area contributed by atoms with Crippen LogP contribution in [0.1, 0.15) is 42.0 Å². The van der Waals surface area contributed by atoms with Crippen LogP contribution in [0.3, 0.4) is 0 Å². The van der Waals surface area contributed by atoms with Crippen molar-refractivity contribution in [3.05, 3.63) is 39.7 Å². The lowest BCUT2D eigenvalue weighted by Crippen LogP contribution is -2.19. The van der Waals surface area contributed by atoms with Crippen LogP contribution < -0.4 is 10.9 Å². The Kier molecular flexibility index (Phi) is 3.55. The number of hydrogen-bond acceptors (Lipinski definition) is 4. The molecule has 3 rings (SSSR count). The molecule has 7 heteroatoms.